The molecule has 1 aliphatic heterocycles. The van der Waals surface area contributed by atoms with Crippen LogP contribution in [0.5, 0.6) is 0 Å². The van der Waals surface area contributed by atoms with Crippen LogP contribution in [0.15, 0.2) is 42.9 Å². The molecule has 1 amide bonds. The first kappa shape index (κ1) is 20.2. The highest BCUT2D eigenvalue weighted by molar-refractivity contribution is 7.88. The van der Waals surface area contributed by atoms with Crippen molar-refractivity contribution in [3.8, 4) is 0 Å². The fourth-order valence-electron chi connectivity index (χ4n) is 3.35. The van der Waals surface area contributed by atoms with Gasteiger partial charge in [-0.15, -0.1) is 0 Å². The van der Waals surface area contributed by atoms with E-state index in [0.717, 1.165) is 43.6 Å². The molecule has 0 saturated carbocycles. The summed E-state index contributed by atoms with van der Waals surface area (Å²) in [4.78, 5) is 23.0. The Morgan fingerprint density at radius 1 is 1.29 bits per heavy atom. The minimum absolute atomic E-state index is 0.171. The fourth-order valence-corrected chi connectivity index (χ4v) is 3.82. The monoisotopic (exact) mass is 403 g/mol. The third-order valence-corrected chi connectivity index (χ3v) is 5.38. The highest BCUT2D eigenvalue weighted by atomic mass is 32.2. The molecule has 1 saturated heterocycles. The SMILES string of the molecule is CS(=O)(=O)NCCNC(=O)c1cccc(CC2CCN(c3cnccn3)C2)c1. The number of amides is 1. The molecule has 2 heterocycles. The molecule has 0 aliphatic carbocycles. The van der Waals surface area contributed by atoms with Crippen LogP contribution in [0.1, 0.15) is 22.3 Å². The number of hydrogen-bond acceptors (Lipinski definition) is 6. The lowest BCUT2D eigenvalue weighted by molar-refractivity contribution is 0.0954. The summed E-state index contributed by atoms with van der Waals surface area (Å²) in [5, 5.41) is 2.73. The molecule has 8 nitrogen and oxygen atoms in total. The van der Waals surface area contributed by atoms with Gasteiger partial charge in [-0.2, -0.15) is 0 Å². The first-order valence-corrected chi connectivity index (χ1v) is 11.1. The Balaban J connectivity index is 1.51. The maximum absolute atomic E-state index is 12.3. The Hall–Kier alpha value is -2.52. The van der Waals surface area contributed by atoms with E-state index in [-0.39, 0.29) is 19.0 Å². The van der Waals surface area contributed by atoms with E-state index in [1.165, 1.54) is 0 Å². The molecule has 28 heavy (non-hydrogen) atoms. The van der Waals surface area contributed by atoms with Crippen molar-refractivity contribution in [2.24, 2.45) is 5.92 Å². The topological polar surface area (TPSA) is 104 Å². The zero-order chi connectivity index (χ0) is 20.0. The maximum Gasteiger partial charge on any atom is 0.251 e. The number of sulfonamides is 1. The standard InChI is InChI=1S/C19H25N5O3S/c1-28(26,27)23-9-8-22-19(25)17-4-2-3-15(12-17)11-16-5-10-24(14-16)18-13-20-6-7-21-18/h2-4,6-7,12-13,16,23H,5,8-11,14H2,1H3,(H,22,25). The van der Waals surface area contributed by atoms with Crippen LogP contribution in [-0.2, 0) is 16.4 Å². The lowest BCUT2D eigenvalue weighted by Crippen LogP contribution is -2.34. The quantitative estimate of drug-likeness (QED) is 0.633. The van der Waals surface area contributed by atoms with Crippen molar-refractivity contribution in [2.75, 3.05) is 37.3 Å². The van der Waals surface area contributed by atoms with Gasteiger partial charge in [0, 0.05) is 44.1 Å². The lowest BCUT2D eigenvalue weighted by atomic mass is 9.97. The third kappa shape index (κ3) is 6.00. The average molecular weight is 404 g/mol. The summed E-state index contributed by atoms with van der Waals surface area (Å²) in [5.41, 5.74) is 1.70. The number of nitrogens with one attached hydrogen (secondary N) is 2. The summed E-state index contributed by atoms with van der Waals surface area (Å²) in [5.74, 6) is 1.20. The highest BCUT2D eigenvalue weighted by Crippen LogP contribution is 2.24. The summed E-state index contributed by atoms with van der Waals surface area (Å²) in [7, 11) is -3.25. The molecule has 1 aromatic heterocycles. The van der Waals surface area contributed by atoms with Gasteiger partial charge in [0.1, 0.15) is 5.82 Å². The molecule has 1 aliphatic rings. The van der Waals surface area contributed by atoms with Gasteiger partial charge < -0.3 is 10.2 Å². The van der Waals surface area contributed by atoms with Crippen LogP contribution in [0.3, 0.4) is 0 Å². The predicted octanol–water partition coefficient (Wildman–Crippen LogP) is 0.825. The normalized spacial score (nSPS) is 16.9. The van der Waals surface area contributed by atoms with Gasteiger partial charge in [0.15, 0.2) is 0 Å². The second-order valence-electron chi connectivity index (χ2n) is 6.99. The van der Waals surface area contributed by atoms with Crippen LogP contribution in [0, 0.1) is 5.92 Å². The average Bonchev–Trinajstić information content (AvgIpc) is 3.14. The van der Waals surface area contributed by atoms with Crippen molar-refractivity contribution in [1.29, 1.82) is 0 Å². The van der Waals surface area contributed by atoms with Gasteiger partial charge in [-0.25, -0.2) is 18.1 Å². The van der Waals surface area contributed by atoms with Crippen molar-refractivity contribution in [3.05, 3.63) is 54.0 Å². The van der Waals surface area contributed by atoms with Crippen molar-refractivity contribution in [2.45, 2.75) is 12.8 Å². The van der Waals surface area contributed by atoms with Gasteiger partial charge in [0.2, 0.25) is 10.0 Å². The number of hydrogen-bond donors (Lipinski definition) is 2. The van der Waals surface area contributed by atoms with Gasteiger partial charge in [-0.05, 0) is 36.5 Å². The molecule has 1 atom stereocenters. The molecule has 1 unspecified atom stereocenters. The summed E-state index contributed by atoms with van der Waals surface area (Å²) < 4.78 is 24.4. The lowest BCUT2D eigenvalue weighted by Gasteiger charge is -2.17. The number of carbonyl (C=O) groups excluding carboxylic acids is 1. The Bertz CT molecular complexity index is 905. The third-order valence-electron chi connectivity index (χ3n) is 4.65. The highest BCUT2D eigenvalue weighted by Gasteiger charge is 2.24. The molecule has 3 rings (SSSR count). The van der Waals surface area contributed by atoms with Crippen molar-refractivity contribution in [1.82, 2.24) is 20.0 Å². The van der Waals surface area contributed by atoms with E-state index in [1.807, 2.05) is 18.2 Å². The maximum atomic E-state index is 12.3. The minimum Gasteiger partial charge on any atom is -0.355 e. The summed E-state index contributed by atoms with van der Waals surface area (Å²) in [6, 6.07) is 7.59. The fraction of sp³-hybridized carbons (Fsp3) is 0.421. The van der Waals surface area contributed by atoms with Crippen LogP contribution in [0.25, 0.3) is 0 Å². The summed E-state index contributed by atoms with van der Waals surface area (Å²) in [6.07, 6.45) is 8.22. The molecule has 1 aromatic carbocycles. The first-order valence-electron chi connectivity index (χ1n) is 9.23. The second kappa shape index (κ2) is 9.11. The van der Waals surface area contributed by atoms with E-state index in [2.05, 4.69) is 24.9 Å². The molecule has 2 aromatic rings. The predicted molar refractivity (Wildman–Crippen MR) is 108 cm³/mol. The van der Waals surface area contributed by atoms with Crippen molar-refractivity contribution < 1.29 is 13.2 Å². The first-order chi connectivity index (χ1) is 13.4. The summed E-state index contributed by atoms with van der Waals surface area (Å²) in [6.45, 7) is 2.29. The van der Waals surface area contributed by atoms with E-state index in [4.69, 9.17) is 0 Å². The van der Waals surface area contributed by atoms with Gasteiger partial charge in [0.25, 0.3) is 5.91 Å². The van der Waals surface area contributed by atoms with Gasteiger partial charge in [0.05, 0.1) is 12.5 Å². The summed E-state index contributed by atoms with van der Waals surface area (Å²) >= 11 is 0. The zero-order valence-corrected chi connectivity index (χ0v) is 16.7. The molecule has 0 spiro atoms. The van der Waals surface area contributed by atoms with Crippen LogP contribution < -0.4 is 14.9 Å². The van der Waals surface area contributed by atoms with Crippen LogP contribution in [-0.4, -0.2) is 56.7 Å². The molecule has 0 bridgehead atoms. The molecular weight excluding hydrogens is 378 g/mol. The molecule has 2 N–H and O–H groups in total. The van der Waals surface area contributed by atoms with E-state index >= 15 is 0 Å². The molecule has 150 valence electrons. The van der Waals surface area contributed by atoms with Crippen molar-refractivity contribution in [3.63, 3.8) is 0 Å². The zero-order valence-electron chi connectivity index (χ0n) is 15.8. The van der Waals surface area contributed by atoms with Gasteiger partial charge in [-0.3, -0.25) is 9.78 Å². The number of rotatable bonds is 8. The van der Waals surface area contributed by atoms with E-state index in [9.17, 15) is 13.2 Å². The Kier molecular flexibility index (Phi) is 6.58. The Morgan fingerprint density at radius 2 is 2.14 bits per heavy atom. The van der Waals surface area contributed by atoms with Crippen LogP contribution in [0.4, 0.5) is 5.82 Å². The van der Waals surface area contributed by atoms with Crippen molar-refractivity contribution >= 4 is 21.7 Å². The van der Waals surface area contributed by atoms with Crippen LogP contribution in [0.2, 0.25) is 0 Å². The largest absolute Gasteiger partial charge is 0.355 e. The number of nitrogens with zero attached hydrogens (tertiary/aromatic N) is 3. The van der Waals surface area contributed by atoms with Gasteiger partial charge >= 0.3 is 0 Å². The molecular formula is C19H25N5O3S. The number of benzene rings is 1. The second-order valence-corrected chi connectivity index (χ2v) is 8.82. The number of anilines is 1. The Labute approximate surface area is 165 Å². The van der Waals surface area contributed by atoms with E-state index < -0.39 is 10.0 Å². The van der Waals surface area contributed by atoms with Crippen LogP contribution >= 0.6 is 0 Å². The van der Waals surface area contributed by atoms with E-state index in [0.29, 0.717) is 11.5 Å². The Morgan fingerprint density at radius 3 is 2.89 bits per heavy atom. The number of carbonyl (C=O) groups is 1. The number of aromatic nitrogens is 2. The smallest absolute Gasteiger partial charge is 0.251 e. The molecule has 0 radical (unpaired) electrons. The molecule has 9 heteroatoms. The van der Waals surface area contributed by atoms with E-state index in [1.54, 1.807) is 24.7 Å². The van der Waals surface area contributed by atoms with Gasteiger partial charge in [-0.1, -0.05) is 12.1 Å². The minimum atomic E-state index is -3.25. The molecule has 1 fully saturated rings.